The zero-order valence-corrected chi connectivity index (χ0v) is 12.1. The smallest absolute Gasteiger partial charge is 0.303 e. The van der Waals surface area contributed by atoms with E-state index in [1.54, 1.807) is 18.3 Å². The summed E-state index contributed by atoms with van der Waals surface area (Å²) in [4.78, 5) is 26.1. The summed E-state index contributed by atoms with van der Waals surface area (Å²) in [5.74, 6) is -0.903. The highest BCUT2D eigenvalue weighted by Gasteiger charge is 2.08. The molecule has 0 atom stereocenters. The molecule has 0 aliphatic heterocycles. The molecule has 5 nitrogen and oxygen atoms in total. The minimum atomic E-state index is -0.755. The van der Waals surface area contributed by atoms with Crippen LogP contribution in [-0.4, -0.2) is 28.5 Å². The molecule has 0 bridgehead atoms. The van der Waals surface area contributed by atoms with Gasteiger partial charge in [0, 0.05) is 19.2 Å². The maximum Gasteiger partial charge on any atom is 0.303 e. The van der Waals surface area contributed by atoms with Crippen molar-refractivity contribution in [2.75, 3.05) is 6.54 Å². The SMILES string of the molecule is O=C(O)CCCCCCNC(=O)c1cccnc1Br. The zero-order valence-electron chi connectivity index (χ0n) is 10.6. The largest absolute Gasteiger partial charge is 0.481 e. The molecule has 1 aromatic rings. The summed E-state index contributed by atoms with van der Waals surface area (Å²) >= 11 is 3.23. The second kappa shape index (κ2) is 8.63. The summed E-state index contributed by atoms with van der Waals surface area (Å²) in [6, 6.07) is 3.42. The molecule has 1 amide bonds. The molecule has 0 aromatic carbocycles. The molecular formula is C13H17BrN2O3. The molecule has 0 saturated heterocycles. The standard InChI is InChI=1S/C13H17BrN2O3/c14-12-10(6-5-9-15-12)13(19)16-8-4-2-1-3-7-11(17)18/h5-6,9H,1-4,7-8H2,(H,16,19)(H,17,18). The first kappa shape index (κ1) is 15.6. The van der Waals surface area contributed by atoms with Crippen LogP contribution in [0, 0.1) is 0 Å². The van der Waals surface area contributed by atoms with Crippen molar-refractivity contribution < 1.29 is 14.7 Å². The van der Waals surface area contributed by atoms with E-state index < -0.39 is 5.97 Å². The fourth-order valence-corrected chi connectivity index (χ4v) is 2.04. The minimum absolute atomic E-state index is 0.148. The Morgan fingerprint density at radius 2 is 2.00 bits per heavy atom. The molecule has 0 unspecified atom stereocenters. The van der Waals surface area contributed by atoms with Gasteiger partial charge in [-0.1, -0.05) is 12.8 Å². The number of aromatic nitrogens is 1. The fraction of sp³-hybridized carbons (Fsp3) is 0.462. The number of halogens is 1. The molecule has 1 aromatic heterocycles. The van der Waals surface area contributed by atoms with Crippen molar-refractivity contribution in [3.63, 3.8) is 0 Å². The molecule has 19 heavy (non-hydrogen) atoms. The van der Waals surface area contributed by atoms with E-state index in [1.807, 2.05) is 0 Å². The van der Waals surface area contributed by atoms with E-state index in [0.29, 0.717) is 23.1 Å². The summed E-state index contributed by atoms with van der Waals surface area (Å²) in [5.41, 5.74) is 0.522. The number of unbranched alkanes of at least 4 members (excludes halogenated alkanes) is 3. The summed E-state index contributed by atoms with van der Waals surface area (Å²) < 4.78 is 0.536. The van der Waals surface area contributed by atoms with Crippen molar-refractivity contribution in [2.24, 2.45) is 0 Å². The van der Waals surface area contributed by atoms with Gasteiger partial charge < -0.3 is 10.4 Å². The van der Waals surface area contributed by atoms with Crippen molar-refractivity contribution in [3.8, 4) is 0 Å². The highest BCUT2D eigenvalue weighted by Crippen LogP contribution is 2.12. The number of carbonyl (C=O) groups excluding carboxylic acids is 1. The van der Waals surface area contributed by atoms with Gasteiger partial charge in [-0.15, -0.1) is 0 Å². The predicted octanol–water partition coefficient (Wildman–Crippen LogP) is 2.61. The Bertz CT molecular complexity index is 438. The van der Waals surface area contributed by atoms with Crippen LogP contribution < -0.4 is 5.32 Å². The third kappa shape index (κ3) is 6.33. The maximum absolute atomic E-state index is 11.8. The van der Waals surface area contributed by atoms with Gasteiger partial charge in [0.25, 0.3) is 5.91 Å². The average Bonchev–Trinajstić information content (AvgIpc) is 2.37. The molecule has 0 spiro atoms. The lowest BCUT2D eigenvalue weighted by Gasteiger charge is -2.06. The van der Waals surface area contributed by atoms with Crippen LogP contribution in [0.4, 0.5) is 0 Å². The van der Waals surface area contributed by atoms with Crippen LogP contribution in [0.25, 0.3) is 0 Å². The number of amides is 1. The molecule has 2 N–H and O–H groups in total. The number of nitrogens with one attached hydrogen (secondary N) is 1. The number of aliphatic carboxylic acids is 1. The number of carboxylic acids is 1. The van der Waals surface area contributed by atoms with Crippen LogP contribution in [0.5, 0.6) is 0 Å². The van der Waals surface area contributed by atoms with E-state index in [1.165, 1.54) is 0 Å². The van der Waals surface area contributed by atoms with Crippen molar-refractivity contribution in [2.45, 2.75) is 32.1 Å². The first-order chi connectivity index (χ1) is 9.11. The third-order valence-electron chi connectivity index (χ3n) is 2.61. The lowest BCUT2D eigenvalue weighted by molar-refractivity contribution is -0.137. The lowest BCUT2D eigenvalue weighted by atomic mass is 10.1. The van der Waals surface area contributed by atoms with Gasteiger partial charge in [0.15, 0.2) is 0 Å². The first-order valence-corrected chi connectivity index (χ1v) is 7.01. The summed E-state index contributed by atoms with van der Waals surface area (Å²) in [5, 5.41) is 11.3. The Hall–Kier alpha value is -1.43. The van der Waals surface area contributed by atoms with Crippen LogP contribution in [0.1, 0.15) is 42.5 Å². The van der Waals surface area contributed by atoms with Gasteiger partial charge in [0.05, 0.1) is 5.56 Å². The van der Waals surface area contributed by atoms with Crippen LogP contribution in [-0.2, 0) is 4.79 Å². The second-order valence-electron chi connectivity index (χ2n) is 4.16. The number of nitrogens with zero attached hydrogens (tertiary/aromatic N) is 1. The molecule has 6 heteroatoms. The van der Waals surface area contributed by atoms with Gasteiger partial charge in [0.2, 0.25) is 0 Å². The van der Waals surface area contributed by atoms with E-state index >= 15 is 0 Å². The molecule has 0 radical (unpaired) electrons. The summed E-state index contributed by atoms with van der Waals surface area (Å²) in [6.45, 7) is 0.591. The van der Waals surface area contributed by atoms with Gasteiger partial charge in [-0.2, -0.15) is 0 Å². The molecule has 0 saturated carbocycles. The van der Waals surface area contributed by atoms with E-state index in [4.69, 9.17) is 5.11 Å². The van der Waals surface area contributed by atoms with E-state index in [2.05, 4.69) is 26.2 Å². The van der Waals surface area contributed by atoms with Crippen molar-refractivity contribution in [1.29, 1.82) is 0 Å². The average molecular weight is 329 g/mol. The Kier molecular flexibility index (Phi) is 7.10. The number of rotatable bonds is 8. The third-order valence-corrected chi connectivity index (χ3v) is 3.24. The van der Waals surface area contributed by atoms with Crippen molar-refractivity contribution >= 4 is 27.8 Å². The molecule has 0 fully saturated rings. The number of carboxylic acid groups (broad SMARTS) is 1. The molecule has 0 aliphatic rings. The van der Waals surface area contributed by atoms with E-state index in [9.17, 15) is 9.59 Å². The Morgan fingerprint density at radius 3 is 2.68 bits per heavy atom. The predicted molar refractivity (Wildman–Crippen MR) is 75.0 cm³/mol. The topological polar surface area (TPSA) is 79.3 Å². The Balaban J connectivity index is 2.15. The Labute approximate surface area is 120 Å². The van der Waals surface area contributed by atoms with Crippen LogP contribution in [0.2, 0.25) is 0 Å². The fourth-order valence-electron chi connectivity index (χ4n) is 1.61. The monoisotopic (exact) mass is 328 g/mol. The number of hydrogen-bond acceptors (Lipinski definition) is 3. The second-order valence-corrected chi connectivity index (χ2v) is 4.91. The molecule has 1 heterocycles. The minimum Gasteiger partial charge on any atom is -0.481 e. The van der Waals surface area contributed by atoms with Gasteiger partial charge in [-0.25, -0.2) is 4.98 Å². The quantitative estimate of drug-likeness (QED) is 0.568. The van der Waals surface area contributed by atoms with Crippen molar-refractivity contribution in [1.82, 2.24) is 10.3 Å². The number of hydrogen-bond donors (Lipinski definition) is 2. The number of pyridine rings is 1. The first-order valence-electron chi connectivity index (χ1n) is 6.22. The van der Waals surface area contributed by atoms with Crippen LogP contribution in [0.3, 0.4) is 0 Å². The number of carbonyl (C=O) groups is 2. The highest BCUT2D eigenvalue weighted by atomic mass is 79.9. The van der Waals surface area contributed by atoms with E-state index in [-0.39, 0.29) is 12.3 Å². The van der Waals surface area contributed by atoms with Crippen LogP contribution in [0.15, 0.2) is 22.9 Å². The summed E-state index contributed by atoms with van der Waals surface area (Å²) in [7, 11) is 0. The van der Waals surface area contributed by atoms with E-state index in [0.717, 1.165) is 19.3 Å². The van der Waals surface area contributed by atoms with Gasteiger partial charge in [0.1, 0.15) is 4.60 Å². The van der Waals surface area contributed by atoms with Crippen molar-refractivity contribution in [3.05, 3.63) is 28.5 Å². The Morgan fingerprint density at radius 1 is 1.26 bits per heavy atom. The highest BCUT2D eigenvalue weighted by molar-refractivity contribution is 9.10. The van der Waals surface area contributed by atoms with Gasteiger partial charge in [-0.05, 0) is 40.9 Å². The summed E-state index contributed by atoms with van der Waals surface area (Å²) in [6.07, 6.45) is 5.17. The maximum atomic E-state index is 11.8. The molecule has 104 valence electrons. The molecule has 1 rings (SSSR count). The van der Waals surface area contributed by atoms with Crippen LogP contribution >= 0.6 is 15.9 Å². The van der Waals surface area contributed by atoms with Gasteiger partial charge in [-0.3, -0.25) is 9.59 Å². The normalized spacial score (nSPS) is 10.2. The zero-order chi connectivity index (χ0) is 14.1. The van der Waals surface area contributed by atoms with Gasteiger partial charge >= 0.3 is 5.97 Å². The lowest BCUT2D eigenvalue weighted by Crippen LogP contribution is -2.24. The molecular weight excluding hydrogens is 312 g/mol. The molecule has 0 aliphatic carbocycles.